The van der Waals surface area contributed by atoms with Crippen LogP contribution in [0.5, 0.6) is 11.5 Å². The second kappa shape index (κ2) is 6.57. The molecule has 0 spiro atoms. The van der Waals surface area contributed by atoms with Crippen LogP contribution in [0, 0.1) is 5.92 Å². The maximum Gasteiger partial charge on any atom is 0.163 e. The summed E-state index contributed by atoms with van der Waals surface area (Å²) in [5.74, 6) is -0.979. The molecule has 1 aromatic rings. The average molecular weight is 354 g/mol. The Morgan fingerprint density at radius 2 is 1.92 bits per heavy atom. The molecule has 0 saturated carbocycles. The lowest BCUT2D eigenvalue weighted by Gasteiger charge is -2.44. The molecule has 0 bridgehead atoms. The summed E-state index contributed by atoms with van der Waals surface area (Å²) in [4.78, 5) is 12.5. The topological polar surface area (TPSA) is 127 Å². The van der Waals surface area contributed by atoms with Crippen LogP contribution < -0.4 is 4.74 Å². The van der Waals surface area contributed by atoms with Crippen molar-refractivity contribution in [3.8, 4) is 11.5 Å². The van der Waals surface area contributed by atoms with Gasteiger partial charge in [-0.2, -0.15) is 0 Å². The first-order valence-corrected chi connectivity index (χ1v) is 8.17. The third-order valence-electron chi connectivity index (χ3n) is 5.42. The van der Waals surface area contributed by atoms with Crippen LogP contribution in [-0.2, 0) is 0 Å². The summed E-state index contributed by atoms with van der Waals surface area (Å²) < 4.78 is 5.03. The zero-order valence-electron chi connectivity index (χ0n) is 14.9. The number of ketones is 1. The first kappa shape index (κ1) is 19.7. The summed E-state index contributed by atoms with van der Waals surface area (Å²) in [6, 6.07) is 2.77. The monoisotopic (exact) mass is 354 g/mol. The zero-order valence-corrected chi connectivity index (χ0v) is 14.9. The second-order valence-electron chi connectivity index (χ2n) is 7.24. The van der Waals surface area contributed by atoms with Gasteiger partial charge in [-0.15, -0.1) is 0 Å². The Hall–Kier alpha value is -1.67. The van der Waals surface area contributed by atoms with Gasteiger partial charge in [0.15, 0.2) is 5.78 Å². The van der Waals surface area contributed by atoms with Gasteiger partial charge in [0, 0.05) is 23.6 Å². The van der Waals surface area contributed by atoms with Crippen molar-refractivity contribution in [2.24, 2.45) is 5.92 Å². The second-order valence-corrected chi connectivity index (χ2v) is 7.24. The number of carbonyl (C=O) groups excluding carboxylic acids is 1. The van der Waals surface area contributed by atoms with Crippen LogP contribution in [0.3, 0.4) is 0 Å². The molecule has 140 valence electrons. The van der Waals surface area contributed by atoms with Crippen molar-refractivity contribution in [3.63, 3.8) is 0 Å². The number of aliphatic hydroxyl groups is 4. The van der Waals surface area contributed by atoms with Gasteiger partial charge in [0.25, 0.3) is 0 Å². The van der Waals surface area contributed by atoms with Crippen LogP contribution in [0.1, 0.15) is 55.6 Å². The SMILES string of the molecule is COc1cc(O)c2c(c1)C(=O)C[C@H](C[C@](C)(O)[C@@](C)(O)[C@@H](C)O)[C@H]2O. The number of phenolic OH excluding ortho intramolecular Hbond substituents is 1. The minimum absolute atomic E-state index is 0.0627. The molecule has 0 aromatic heterocycles. The average Bonchev–Trinajstić information content (AvgIpc) is 2.50. The predicted molar refractivity (Wildman–Crippen MR) is 89.6 cm³/mol. The fourth-order valence-electron chi connectivity index (χ4n) is 3.32. The predicted octanol–water partition coefficient (Wildman–Crippen LogP) is 0.910. The summed E-state index contributed by atoms with van der Waals surface area (Å²) in [7, 11) is 1.41. The van der Waals surface area contributed by atoms with Crippen molar-refractivity contribution in [1.82, 2.24) is 0 Å². The summed E-state index contributed by atoms with van der Waals surface area (Å²) in [5, 5.41) is 51.6. The lowest BCUT2D eigenvalue weighted by Crippen LogP contribution is -2.57. The maximum absolute atomic E-state index is 12.5. The molecule has 0 amide bonds. The zero-order chi connectivity index (χ0) is 19.2. The number of methoxy groups -OCH3 is 1. The van der Waals surface area contributed by atoms with Gasteiger partial charge < -0.3 is 30.3 Å². The lowest BCUT2D eigenvalue weighted by atomic mass is 9.70. The standard InChI is InChI=1S/C18H26O7/c1-9(19)18(3,24)17(2,23)8-10-5-13(20)12-6-11(25-4)7-14(21)15(12)16(10)22/h6-7,9-10,16,19,21-24H,5,8H2,1-4H3/t9-,10-,16-,17+,18+/m1/s1. The van der Waals surface area contributed by atoms with E-state index in [0.717, 1.165) is 0 Å². The molecule has 0 saturated heterocycles. The molecule has 2 rings (SSSR count). The molecule has 7 nitrogen and oxygen atoms in total. The Bertz CT molecular complexity index is 664. The van der Waals surface area contributed by atoms with Crippen LogP contribution in [0.2, 0.25) is 0 Å². The minimum Gasteiger partial charge on any atom is -0.507 e. The largest absolute Gasteiger partial charge is 0.507 e. The Morgan fingerprint density at radius 1 is 1.32 bits per heavy atom. The third-order valence-corrected chi connectivity index (χ3v) is 5.42. The number of carbonyl (C=O) groups is 1. The third kappa shape index (κ3) is 3.37. The summed E-state index contributed by atoms with van der Waals surface area (Å²) in [5.41, 5.74) is -3.32. The van der Waals surface area contributed by atoms with E-state index < -0.39 is 29.3 Å². The van der Waals surface area contributed by atoms with Gasteiger partial charge in [-0.25, -0.2) is 0 Å². The number of rotatable bonds is 5. The molecule has 5 N–H and O–H groups in total. The van der Waals surface area contributed by atoms with E-state index in [9.17, 15) is 30.3 Å². The Kier molecular flexibility index (Phi) is 5.16. The van der Waals surface area contributed by atoms with Crippen molar-refractivity contribution in [2.75, 3.05) is 7.11 Å². The fraction of sp³-hybridized carbons (Fsp3) is 0.611. The highest BCUT2D eigenvalue weighted by molar-refractivity contribution is 6.00. The van der Waals surface area contributed by atoms with Gasteiger partial charge in [-0.05, 0) is 39.2 Å². The van der Waals surface area contributed by atoms with Gasteiger partial charge in [0.2, 0.25) is 0 Å². The van der Waals surface area contributed by atoms with Crippen LogP contribution in [0.4, 0.5) is 0 Å². The van der Waals surface area contributed by atoms with E-state index in [4.69, 9.17) is 4.74 Å². The molecular weight excluding hydrogens is 328 g/mol. The van der Waals surface area contributed by atoms with Crippen molar-refractivity contribution in [3.05, 3.63) is 23.3 Å². The van der Waals surface area contributed by atoms with E-state index in [2.05, 4.69) is 0 Å². The highest BCUT2D eigenvalue weighted by Gasteiger charge is 2.49. The number of phenols is 1. The van der Waals surface area contributed by atoms with Crippen LogP contribution >= 0.6 is 0 Å². The van der Waals surface area contributed by atoms with Crippen molar-refractivity contribution < 1.29 is 35.1 Å². The number of aliphatic hydroxyl groups excluding tert-OH is 2. The van der Waals surface area contributed by atoms with Gasteiger partial charge in [-0.3, -0.25) is 4.79 Å². The van der Waals surface area contributed by atoms with Gasteiger partial charge in [0.1, 0.15) is 17.1 Å². The molecule has 1 aromatic carbocycles. The molecule has 1 aliphatic carbocycles. The molecule has 25 heavy (non-hydrogen) atoms. The minimum atomic E-state index is -1.84. The fourth-order valence-corrected chi connectivity index (χ4v) is 3.32. The molecule has 0 unspecified atom stereocenters. The first-order valence-electron chi connectivity index (χ1n) is 8.17. The number of hydrogen-bond donors (Lipinski definition) is 5. The van der Waals surface area contributed by atoms with E-state index in [1.807, 2.05) is 0 Å². The van der Waals surface area contributed by atoms with E-state index in [1.54, 1.807) is 0 Å². The van der Waals surface area contributed by atoms with E-state index in [1.165, 1.54) is 40.0 Å². The number of Topliss-reactive ketones (excluding diaryl/α,β-unsaturated/α-hetero) is 1. The quantitative estimate of drug-likeness (QED) is 0.532. The van der Waals surface area contributed by atoms with Crippen molar-refractivity contribution in [2.45, 2.75) is 57.0 Å². The molecule has 7 heteroatoms. The highest BCUT2D eigenvalue weighted by atomic mass is 16.5. The number of aromatic hydroxyl groups is 1. The van der Waals surface area contributed by atoms with Gasteiger partial charge in [-0.1, -0.05) is 0 Å². The van der Waals surface area contributed by atoms with E-state index in [0.29, 0.717) is 5.75 Å². The molecule has 0 aliphatic heterocycles. The molecule has 0 fully saturated rings. The van der Waals surface area contributed by atoms with E-state index >= 15 is 0 Å². The normalized spacial score (nSPS) is 26.3. The summed E-state index contributed by atoms with van der Waals surface area (Å²) in [6.07, 6.45) is -2.62. The van der Waals surface area contributed by atoms with Crippen LogP contribution in [-0.4, -0.2) is 55.7 Å². The number of ether oxygens (including phenoxy) is 1. The van der Waals surface area contributed by atoms with Gasteiger partial charge >= 0.3 is 0 Å². The Balaban J connectivity index is 2.37. The number of fused-ring (bicyclic) bond motifs is 1. The summed E-state index contributed by atoms with van der Waals surface area (Å²) in [6.45, 7) is 4.00. The highest BCUT2D eigenvalue weighted by Crippen LogP contribution is 2.45. The first-order chi connectivity index (χ1) is 11.4. The molecule has 1 aliphatic rings. The molecule has 5 atom stereocenters. The van der Waals surface area contributed by atoms with Crippen molar-refractivity contribution >= 4 is 5.78 Å². The molecule has 0 heterocycles. The smallest absolute Gasteiger partial charge is 0.163 e. The van der Waals surface area contributed by atoms with Gasteiger partial charge in [0.05, 0.1) is 24.9 Å². The van der Waals surface area contributed by atoms with Crippen molar-refractivity contribution in [1.29, 1.82) is 0 Å². The molecular formula is C18H26O7. The maximum atomic E-state index is 12.5. The number of benzene rings is 1. The summed E-state index contributed by atoms with van der Waals surface area (Å²) >= 11 is 0. The number of hydrogen-bond acceptors (Lipinski definition) is 7. The lowest BCUT2D eigenvalue weighted by molar-refractivity contribution is -0.191. The molecule has 0 radical (unpaired) electrons. The van der Waals surface area contributed by atoms with Crippen LogP contribution in [0.15, 0.2) is 12.1 Å². The Labute approximate surface area is 146 Å². The van der Waals surface area contributed by atoms with E-state index in [-0.39, 0.29) is 35.5 Å². The van der Waals surface area contributed by atoms with Crippen LogP contribution in [0.25, 0.3) is 0 Å². The Morgan fingerprint density at radius 3 is 2.44 bits per heavy atom.